The maximum Gasteiger partial charge on any atom is 0.241 e. The maximum absolute atomic E-state index is 13.7. The highest BCUT2D eigenvalue weighted by molar-refractivity contribution is 5.54. The number of halogens is 1. The van der Waals surface area contributed by atoms with Crippen LogP contribution in [0.4, 0.5) is 4.39 Å². The second kappa shape index (κ2) is 7.57. The molecular weight excluding hydrogens is 317 g/mol. The molecule has 0 unspecified atom stereocenters. The summed E-state index contributed by atoms with van der Waals surface area (Å²) >= 11 is 0. The van der Waals surface area contributed by atoms with Gasteiger partial charge in [0, 0.05) is 17.7 Å². The summed E-state index contributed by atoms with van der Waals surface area (Å²) in [7, 11) is 1.90. The first-order valence-electron chi connectivity index (χ1n) is 8.38. The van der Waals surface area contributed by atoms with Gasteiger partial charge in [-0.15, -0.1) is 0 Å². The third-order valence-corrected chi connectivity index (χ3v) is 4.11. The molecule has 0 amide bonds. The summed E-state index contributed by atoms with van der Waals surface area (Å²) in [6.45, 7) is 5.26. The molecule has 0 spiro atoms. The SMILES string of the molecule is CC(C)c1ccc(-c2noc(CN(C)Cc3ccccc3F)n2)cc1. The summed E-state index contributed by atoms with van der Waals surface area (Å²) in [4.78, 5) is 6.39. The number of aromatic nitrogens is 2. The smallest absolute Gasteiger partial charge is 0.241 e. The number of rotatable bonds is 6. The van der Waals surface area contributed by atoms with Crippen LogP contribution < -0.4 is 0 Å². The first kappa shape index (κ1) is 17.3. The van der Waals surface area contributed by atoms with Crippen molar-refractivity contribution in [1.82, 2.24) is 15.0 Å². The van der Waals surface area contributed by atoms with Gasteiger partial charge in [0.05, 0.1) is 6.54 Å². The van der Waals surface area contributed by atoms with E-state index < -0.39 is 0 Å². The molecule has 130 valence electrons. The van der Waals surface area contributed by atoms with E-state index in [1.165, 1.54) is 11.6 Å². The standard InChI is InChI=1S/C20H22FN3O/c1-14(2)15-8-10-16(11-9-15)20-22-19(25-23-20)13-24(3)12-17-6-4-5-7-18(17)21/h4-11,14H,12-13H2,1-3H3. The van der Waals surface area contributed by atoms with Crippen LogP contribution in [0.5, 0.6) is 0 Å². The van der Waals surface area contributed by atoms with Crippen molar-refractivity contribution in [3.05, 3.63) is 71.4 Å². The molecule has 0 bridgehead atoms. The maximum atomic E-state index is 13.7. The molecular formula is C20H22FN3O. The van der Waals surface area contributed by atoms with Crippen molar-refractivity contribution in [2.45, 2.75) is 32.9 Å². The second-order valence-electron chi connectivity index (χ2n) is 6.55. The molecule has 0 fully saturated rings. The Hall–Kier alpha value is -2.53. The zero-order valence-corrected chi connectivity index (χ0v) is 14.7. The molecule has 0 N–H and O–H groups in total. The van der Waals surface area contributed by atoms with Crippen LogP contribution in [0, 0.1) is 5.82 Å². The molecule has 3 rings (SSSR count). The lowest BCUT2D eigenvalue weighted by molar-refractivity contribution is 0.258. The molecule has 0 aliphatic heterocycles. The minimum atomic E-state index is -0.203. The Bertz CT molecular complexity index is 827. The van der Waals surface area contributed by atoms with Gasteiger partial charge in [0.1, 0.15) is 5.82 Å². The third kappa shape index (κ3) is 4.31. The van der Waals surface area contributed by atoms with Crippen molar-refractivity contribution in [3.8, 4) is 11.4 Å². The van der Waals surface area contributed by atoms with Gasteiger partial charge in [0.15, 0.2) is 0 Å². The molecule has 0 saturated carbocycles. The molecule has 1 aromatic heterocycles. The van der Waals surface area contributed by atoms with Crippen molar-refractivity contribution < 1.29 is 8.91 Å². The van der Waals surface area contributed by atoms with Crippen LogP contribution in [0.1, 0.15) is 36.8 Å². The predicted octanol–water partition coefficient (Wildman–Crippen LogP) is 4.63. The van der Waals surface area contributed by atoms with Crippen LogP contribution >= 0.6 is 0 Å². The monoisotopic (exact) mass is 339 g/mol. The van der Waals surface area contributed by atoms with Crippen LogP contribution in [0.2, 0.25) is 0 Å². The second-order valence-corrected chi connectivity index (χ2v) is 6.55. The minimum Gasteiger partial charge on any atom is -0.338 e. The highest BCUT2D eigenvalue weighted by Crippen LogP contribution is 2.21. The Morgan fingerprint density at radius 1 is 1.04 bits per heavy atom. The van der Waals surface area contributed by atoms with Crippen LogP contribution in [-0.2, 0) is 13.1 Å². The molecule has 0 aliphatic carbocycles. The fourth-order valence-electron chi connectivity index (χ4n) is 2.66. The highest BCUT2D eigenvalue weighted by atomic mass is 19.1. The van der Waals surface area contributed by atoms with E-state index in [1.807, 2.05) is 30.1 Å². The van der Waals surface area contributed by atoms with E-state index in [2.05, 4.69) is 36.1 Å². The lowest BCUT2D eigenvalue weighted by atomic mass is 10.0. The predicted molar refractivity (Wildman–Crippen MR) is 95.4 cm³/mol. The average Bonchev–Trinajstić information content (AvgIpc) is 3.05. The molecule has 25 heavy (non-hydrogen) atoms. The summed E-state index contributed by atoms with van der Waals surface area (Å²) < 4.78 is 19.1. The van der Waals surface area contributed by atoms with Gasteiger partial charge in [-0.1, -0.05) is 61.5 Å². The Kier molecular flexibility index (Phi) is 5.24. The lowest BCUT2D eigenvalue weighted by Crippen LogP contribution is -2.18. The quantitative estimate of drug-likeness (QED) is 0.656. The zero-order valence-electron chi connectivity index (χ0n) is 14.7. The van der Waals surface area contributed by atoms with E-state index in [0.29, 0.717) is 36.3 Å². The van der Waals surface area contributed by atoms with Gasteiger partial charge >= 0.3 is 0 Å². The first-order valence-corrected chi connectivity index (χ1v) is 8.38. The van der Waals surface area contributed by atoms with E-state index >= 15 is 0 Å². The zero-order chi connectivity index (χ0) is 17.8. The Morgan fingerprint density at radius 2 is 1.76 bits per heavy atom. The minimum absolute atomic E-state index is 0.203. The largest absolute Gasteiger partial charge is 0.338 e. The summed E-state index contributed by atoms with van der Waals surface area (Å²) in [5, 5.41) is 4.05. The molecule has 3 aromatic rings. The van der Waals surface area contributed by atoms with Crippen molar-refractivity contribution in [1.29, 1.82) is 0 Å². The number of nitrogens with zero attached hydrogens (tertiary/aromatic N) is 3. The Morgan fingerprint density at radius 3 is 2.44 bits per heavy atom. The molecule has 0 atom stereocenters. The summed E-state index contributed by atoms with van der Waals surface area (Å²) in [5.41, 5.74) is 2.85. The molecule has 5 heteroatoms. The average molecular weight is 339 g/mol. The normalized spacial score (nSPS) is 11.4. The summed E-state index contributed by atoms with van der Waals surface area (Å²) in [6, 6.07) is 14.9. The molecule has 0 radical (unpaired) electrons. The van der Waals surface area contributed by atoms with Crippen molar-refractivity contribution in [2.24, 2.45) is 0 Å². The topological polar surface area (TPSA) is 42.2 Å². The Labute approximate surface area is 147 Å². The summed E-state index contributed by atoms with van der Waals surface area (Å²) in [5.74, 6) is 1.37. The number of hydrogen-bond acceptors (Lipinski definition) is 4. The van der Waals surface area contributed by atoms with E-state index in [4.69, 9.17) is 4.52 Å². The fraction of sp³-hybridized carbons (Fsp3) is 0.300. The van der Waals surface area contributed by atoms with Crippen molar-refractivity contribution in [2.75, 3.05) is 7.05 Å². The van der Waals surface area contributed by atoms with Gasteiger partial charge in [-0.2, -0.15) is 4.98 Å². The van der Waals surface area contributed by atoms with E-state index in [1.54, 1.807) is 12.1 Å². The lowest BCUT2D eigenvalue weighted by Gasteiger charge is -2.14. The molecule has 1 heterocycles. The van der Waals surface area contributed by atoms with E-state index in [0.717, 1.165) is 5.56 Å². The Balaban J connectivity index is 1.66. The van der Waals surface area contributed by atoms with E-state index in [9.17, 15) is 4.39 Å². The van der Waals surface area contributed by atoms with Gasteiger partial charge in [-0.05, 0) is 24.6 Å². The number of benzene rings is 2. The first-order chi connectivity index (χ1) is 12.0. The third-order valence-electron chi connectivity index (χ3n) is 4.11. The molecule has 2 aromatic carbocycles. The van der Waals surface area contributed by atoms with Crippen LogP contribution in [0.15, 0.2) is 53.1 Å². The molecule has 4 nitrogen and oxygen atoms in total. The van der Waals surface area contributed by atoms with Gasteiger partial charge in [-0.3, -0.25) is 4.90 Å². The van der Waals surface area contributed by atoms with Gasteiger partial charge in [0.2, 0.25) is 11.7 Å². The highest BCUT2D eigenvalue weighted by Gasteiger charge is 2.12. The number of hydrogen-bond donors (Lipinski definition) is 0. The molecule has 0 aliphatic rings. The van der Waals surface area contributed by atoms with Crippen LogP contribution in [0.3, 0.4) is 0 Å². The van der Waals surface area contributed by atoms with Crippen molar-refractivity contribution in [3.63, 3.8) is 0 Å². The van der Waals surface area contributed by atoms with Crippen molar-refractivity contribution >= 4 is 0 Å². The van der Waals surface area contributed by atoms with Gasteiger partial charge in [0.25, 0.3) is 0 Å². The van der Waals surface area contributed by atoms with Crippen LogP contribution in [0.25, 0.3) is 11.4 Å². The van der Waals surface area contributed by atoms with E-state index in [-0.39, 0.29) is 5.82 Å². The van der Waals surface area contributed by atoms with Gasteiger partial charge < -0.3 is 4.52 Å². The molecule has 0 saturated heterocycles. The summed E-state index contributed by atoms with van der Waals surface area (Å²) in [6.07, 6.45) is 0. The van der Waals surface area contributed by atoms with Crippen LogP contribution in [-0.4, -0.2) is 22.1 Å². The van der Waals surface area contributed by atoms with Gasteiger partial charge in [-0.25, -0.2) is 4.39 Å². The fourth-order valence-corrected chi connectivity index (χ4v) is 2.66.